The maximum absolute atomic E-state index is 12.9. The Kier molecular flexibility index (Phi) is 4.60. The summed E-state index contributed by atoms with van der Waals surface area (Å²) in [6.07, 6.45) is -4.34. The summed E-state index contributed by atoms with van der Waals surface area (Å²) in [5.41, 5.74) is -1.21. The first-order chi connectivity index (χ1) is 9.70. The third kappa shape index (κ3) is 3.96. The molecular weight excluding hydrogens is 307 g/mol. The van der Waals surface area contributed by atoms with Crippen LogP contribution >= 0.6 is 0 Å². The molecule has 21 heavy (non-hydrogen) atoms. The van der Waals surface area contributed by atoms with Gasteiger partial charge in [0.05, 0.1) is 17.4 Å². The number of aliphatic hydroxyl groups is 1. The van der Waals surface area contributed by atoms with Crippen molar-refractivity contribution in [2.24, 2.45) is 0 Å². The minimum Gasteiger partial charge on any atom is -0.392 e. The molecule has 118 valence electrons. The summed E-state index contributed by atoms with van der Waals surface area (Å²) in [5.74, 6) is -0.713. The van der Waals surface area contributed by atoms with Crippen molar-refractivity contribution in [1.82, 2.24) is 4.31 Å². The van der Waals surface area contributed by atoms with Crippen molar-refractivity contribution in [3.63, 3.8) is 0 Å². The monoisotopic (exact) mass is 323 g/mol. The second-order valence-corrected chi connectivity index (χ2v) is 7.03. The number of rotatable bonds is 3. The largest absolute Gasteiger partial charge is 0.416 e. The molecule has 1 N–H and O–H groups in total. The quantitative estimate of drug-likeness (QED) is 0.925. The van der Waals surface area contributed by atoms with Crippen LogP contribution in [0.5, 0.6) is 0 Å². The Hall–Kier alpha value is -1.12. The molecule has 0 saturated carbocycles. The van der Waals surface area contributed by atoms with Gasteiger partial charge in [0.2, 0.25) is 10.0 Å². The van der Waals surface area contributed by atoms with Gasteiger partial charge in [-0.15, -0.1) is 0 Å². The molecule has 0 aliphatic carbocycles. The average molecular weight is 323 g/mol. The molecule has 0 amide bonds. The van der Waals surface area contributed by atoms with Gasteiger partial charge >= 0.3 is 6.18 Å². The van der Waals surface area contributed by atoms with Gasteiger partial charge in [-0.25, -0.2) is 8.42 Å². The van der Waals surface area contributed by atoms with Crippen LogP contribution in [-0.2, 0) is 22.0 Å². The number of benzene rings is 1. The SMILES string of the molecule is O=S(=O)(Cc1ccccc1C(F)(F)F)N1CCCC(O)C1. The molecule has 1 aliphatic heterocycles. The zero-order valence-corrected chi connectivity index (χ0v) is 12.0. The second-order valence-electron chi connectivity index (χ2n) is 5.07. The number of halogens is 3. The lowest BCUT2D eigenvalue weighted by molar-refractivity contribution is -0.138. The summed E-state index contributed by atoms with van der Waals surface area (Å²) in [6, 6.07) is 4.64. The van der Waals surface area contributed by atoms with Crippen LogP contribution in [0.1, 0.15) is 24.0 Å². The normalized spacial score (nSPS) is 21.4. The van der Waals surface area contributed by atoms with Crippen LogP contribution < -0.4 is 0 Å². The topological polar surface area (TPSA) is 57.6 Å². The van der Waals surface area contributed by atoms with Gasteiger partial charge in [-0.05, 0) is 24.5 Å². The first-order valence-corrected chi connectivity index (χ1v) is 8.12. The molecule has 0 bridgehead atoms. The molecule has 8 heteroatoms. The van der Waals surface area contributed by atoms with Gasteiger partial charge in [-0.3, -0.25) is 0 Å². The highest BCUT2D eigenvalue weighted by Gasteiger charge is 2.35. The summed E-state index contributed by atoms with van der Waals surface area (Å²) >= 11 is 0. The van der Waals surface area contributed by atoms with Crippen molar-refractivity contribution in [2.75, 3.05) is 13.1 Å². The smallest absolute Gasteiger partial charge is 0.392 e. The lowest BCUT2D eigenvalue weighted by atomic mass is 10.1. The van der Waals surface area contributed by atoms with E-state index in [4.69, 9.17) is 0 Å². The van der Waals surface area contributed by atoms with Crippen molar-refractivity contribution in [1.29, 1.82) is 0 Å². The van der Waals surface area contributed by atoms with E-state index in [1.54, 1.807) is 0 Å². The standard InChI is InChI=1S/C13H16F3NO3S/c14-13(15,16)12-6-2-1-4-10(12)9-21(19,20)17-7-3-5-11(18)8-17/h1-2,4,6,11,18H,3,5,7-9H2. The fraction of sp³-hybridized carbons (Fsp3) is 0.538. The van der Waals surface area contributed by atoms with E-state index >= 15 is 0 Å². The van der Waals surface area contributed by atoms with Gasteiger partial charge in [-0.1, -0.05) is 18.2 Å². The van der Waals surface area contributed by atoms with Crippen LogP contribution in [0.4, 0.5) is 13.2 Å². The first kappa shape index (κ1) is 16.3. The Morgan fingerprint density at radius 2 is 1.95 bits per heavy atom. The molecule has 1 aliphatic rings. The maximum Gasteiger partial charge on any atom is 0.416 e. The third-order valence-corrected chi connectivity index (χ3v) is 5.21. The molecule has 1 fully saturated rings. The van der Waals surface area contributed by atoms with Crippen molar-refractivity contribution < 1.29 is 26.7 Å². The number of β-amino-alcohol motifs (C(OH)–C–C–N with tert-alkyl or cyclic N) is 1. The summed E-state index contributed by atoms with van der Waals surface area (Å²) in [7, 11) is -3.88. The average Bonchev–Trinajstić information content (AvgIpc) is 2.37. The van der Waals surface area contributed by atoms with E-state index < -0.39 is 33.6 Å². The number of alkyl halides is 3. The minimum atomic E-state index is -4.59. The number of sulfonamides is 1. The predicted octanol–water partition coefficient (Wildman–Crippen LogP) is 1.99. The molecule has 2 rings (SSSR count). The van der Waals surface area contributed by atoms with Gasteiger partial charge in [0.25, 0.3) is 0 Å². The van der Waals surface area contributed by atoms with Crippen LogP contribution in [0.3, 0.4) is 0 Å². The molecule has 4 nitrogen and oxygen atoms in total. The van der Waals surface area contributed by atoms with Gasteiger partial charge in [0.15, 0.2) is 0 Å². The van der Waals surface area contributed by atoms with E-state index in [0.717, 1.165) is 10.4 Å². The van der Waals surface area contributed by atoms with E-state index in [2.05, 4.69) is 0 Å². The summed E-state index contributed by atoms with van der Waals surface area (Å²) in [4.78, 5) is 0. The first-order valence-electron chi connectivity index (χ1n) is 6.51. The number of aliphatic hydroxyl groups excluding tert-OH is 1. The Labute approximate surface area is 121 Å². The highest BCUT2D eigenvalue weighted by Crippen LogP contribution is 2.33. The molecule has 1 saturated heterocycles. The number of nitrogens with zero attached hydrogens (tertiary/aromatic N) is 1. The van der Waals surface area contributed by atoms with Crippen molar-refractivity contribution in [3.8, 4) is 0 Å². The number of hydrogen-bond acceptors (Lipinski definition) is 3. The Morgan fingerprint density at radius 1 is 1.29 bits per heavy atom. The summed E-state index contributed by atoms with van der Waals surface area (Å²) in [5, 5.41) is 9.51. The molecule has 1 heterocycles. The zero-order chi connectivity index (χ0) is 15.7. The molecule has 1 unspecified atom stereocenters. The fourth-order valence-electron chi connectivity index (χ4n) is 2.38. The highest BCUT2D eigenvalue weighted by atomic mass is 32.2. The van der Waals surface area contributed by atoms with E-state index in [1.165, 1.54) is 18.2 Å². The van der Waals surface area contributed by atoms with E-state index in [1.807, 2.05) is 0 Å². The van der Waals surface area contributed by atoms with Gasteiger partial charge < -0.3 is 5.11 Å². The zero-order valence-electron chi connectivity index (χ0n) is 11.2. The molecule has 1 aromatic carbocycles. The van der Waals surface area contributed by atoms with Crippen LogP contribution in [0.2, 0.25) is 0 Å². The van der Waals surface area contributed by atoms with Crippen molar-refractivity contribution >= 4 is 10.0 Å². The number of hydrogen-bond donors (Lipinski definition) is 1. The number of piperidine rings is 1. The van der Waals surface area contributed by atoms with Crippen LogP contribution in [0, 0.1) is 0 Å². The lowest BCUT2D eigenvalue weighted by Crippen LogP contribution is -2.42. The Balaban J connectivity index is 2.25. The molecule has 0 spiro atoms. The second kappa shape index (κ2) is 5.94. The molecular formula is C13H16F3NO3S. The molecule has 0 radical (unpaired) electrons. The van der Waals surface area contributed by atoms with Crippen molar-refractivity contribution in [2.45, 2.75) is 30.9 Å². The fourth-order valence-corrected chi connectivity index (χ4v) is 4.02. The van der Waals surface area contributed by atoms with Crippen LogP contribution in [0.15, 0.2) is 24.3 Å². The van der Waals surface area contributed by atoms with Crippen LogP contribution in [-0.4, -0.2) is 37.0 Å². The summed E-state index contributed by atoms with van der Waals surface area (Å²) in [6.45, 7) is 0.171. The van der Waals surface area contributed by atoms with Gasteiger partial charge in [0.1, 0.15) is 0 Å². The van der Waals surface area contributed by atoms with E-state index in [9.17, 15) is 26.7 Å². The van der Waals surface area contributed by atoms with Gasteiger partial charge in [-0.2, -0.15) is 17.5 Å². The van der Waals surface area contributed by atoms with Crippen LogP contribution in [0.25, 0.3) is 0 Å². The highest BCUT2D eigenvalue weighted by molar-refractivity contribution is 7.88. The summed E-state index contributed by atoms with van der Waals surface area (Å²) < 4.78 is 64.2. The minimum absolute atomic E-state index is 0.0590. The van der Waals surface area contributed by atoms with E-state index in [-0.39, 0.29) is 18.7 Å². The molecule has 0 aromatic heterocycles. The Bertz CT molecular complexity index is 601. The maximum atomic E-state index is 12.9. The predicted molar refractivity (Wildman–Crippen MR) is 70.9 cm³/mol. The molecule has 1 aromatic rings. The molecule has 1 atom stereocenters. The Morgan fingerprint density at radius 3 is 2.57 bits per heavy atom. The third-order valence-electron chi connectivity index (χ3n) is 3.41. The van der Waals surface area contributed by atoms with E-state index in [0.29, 0.717) is 12.8 Å². The lowest BCUT2D eigenvalue weighted by Gasteiger charge is -2.29. The van der Waals surface area contributed by atoms with Crippen molar-refractivity contribution in [3.05, 3.63) is 35.4 Å². The van der Waals surface area contributed by atoms with Gasteiger partial charge in [0, 0.05) is 13.1 Å².